The average Bonchev–Trinajstić information content (AvgIpc) is 2.38. The summed E-state index contributed by atoms with van der Waals surface area (Å²) in [5.74, 6) is -0.514. The van der Waals surface area contributed by atoms with Crippen LogP contribution in [0.15, 0.2) is 46.9 Å². The lowest BCUT2D eigenvalue weighted by atomic mass is 10.1. The molecule has 0 saturated carbocycles. The monoisotopic (exact) mass is 333 g/mol. The average molecular weight is 334 g/mol. The molecule has 0 fully saturated rings. The number of amides is 1. The number of primary amides is 1. The standard InChI is InChI=1S/C15H16BrN3O/c1-19(9-10-4-2-5-11(16)8-10)13-7-3-6-12(14(13)17)15(18)20/h2-8H,9,17H2,1H3,(H2,18,20). The van der Waals surface area contributed by atoms with Crippen LogP contribution in [-0.2, 0) is 6.54 Å². The molecule has 2 rings (SSSR count). The van der Waals surface area contributed by atoms with E-state index < -0.39 is 5.91 Å². The second-order valence-corrected chi connectivity index (χ2v) is 5.50. The van der Waals surface area contributed by atoms with Gasteiger partial charge in [0.05, 0.1) is 16.9 Å². The van der Waals surface area contributed by atoms with Gasteiger partial charge in [0.2, 0.25) is 0 Å². The molecular weight excluding hydrogens is 318 g/mol. The highest BCUT2D eigenvalue weighted by atomic mass is 79.9. The summed E-state index contributed by atoms with van der Waals surface area (Å²) < 4.78 is 1.03. The molecule has 104 valence electrons. The van der Waals surface area contributed by atoms with Gasteiger partial charge in [0, 0.05) is 18.1 Å². The molecule has 4 N–H and O–H groups in total. The Morgan fingerprint density at radius 1 is 1.25 bits per heavy atom. The van der Waals surface area contributed by atoms with E-state index in [1.807, 2.05) is 42.3 Å². The number of halogens is 1. The fourth-order valence-corrected chi connectivity index (χ4v) is 2.54. The maximum Gasteiger partial charge on any atom is 0.250 e. The molecule has 0 aliphatic carbocycles. The molecule has 5 heteroatoms. The van der Waals surface area contributed by atoms with Crippen LogP contribution < -0.4 is 16.4 Å². The predicted octanol–water partition coefficient (Wildman–Crippen LogP) is 2.77. The summed E-state index contributed by atoms with van der Waals surface area (Å²) >= 11 is 3.45. The van der Waals surface area contributed by atoms with Crippen LogP contribution in [0.4, 0.5) is 11.4 Å². The molecule has 20 heavy (non-hydrogen) atoms. The summed E-state index contributed by atoms with van der Waals surface area (Å²) in [7, 11) is 1.93. The van der Waals surface area contributed by atoms with Crippen molar-refractivity contribution < 1.29 is 4.79 Å². The normalized spacial score (nSPS) is 10.3. The van der Waals surface area contributed by atoms with E-state index in [0.29, 0.717) is 17.8 Å². The number of para-hydroxylation sites is 1. The number of nitrogen functional groups attached to an aromatic ring is 1. The molecule has 0 atom stereocenters. The number of nitrogens with two attached hydrogens (primary N) is 2. The first-order valence-corrected chi connectivity index (χ1v) is 6.92. The zero-order valence-corrected chi connectivity index (χ0v) is 12.7. The van der Waals surface area contributed by atoms with Gasteiger partial charge >= 0.3 is 0 Å². The first kappa shape index (κ1) is 14.4. The molecule has 1 amide bonds. The van der Waals surface area contributed by atoms with Crippen molar-refractivity contribution in [2.75, 3.05) is 17.7 Å². The number of benzene rings is 2. The van der Waals surface area contributed by atoms with Gasteiger partial charge in [0.15, 0.2) is 0 Å². The number of carbonyl (C=O) groups is 1. The van der Waals surface area contributed by atoms with Crippen molar-refractivity contribution >= 4 is 33.2 Å². The third-order valence-corrected chi connectivity index (χ3v) is 3.56. The van der Waals surface area contributed by atoms with E-state index in [0.717, 1.165) is 15.7 Å². The molecule has 0 aliphatic heterocycles. The molecule has 0 bridgehead atoms. The largest absolute Gasteiger partial charge is 0.396 e. The fourth-order valence-electron chi connectivity index (χ4n) is 2.10. The lowest BCUT2D eigenvalue weighted by Gasteiger charge is -2.22. The van der Waals surface area contributed by atoms with Gasteiger partial charge < -0.3 is 16.4 Å². The summed E-state index contributed by atoms with van der Waals surface area (Å²) in [6.45, 7) is 0.686. The van der Waals surface area contributed by atoms with E-state index in [1.54, 1.807) is 12.1 Å². The van der Waals surface area contributed by atoms with Crippen LogP contribution >= 0.6 is 15.9 Å². The van der Waals surface area contributed by atoms with E-state index in [-0.39, 0.29) is 0 Å². The van der Waals surface area contributed by atoms with E-state index in [9.17, 15) is 4.79 Å². The van der Waals surface area contributed by atoms with Crippen molar-refractivity contribution in [2.45, 2.75) is 6.54 Å². The third kappa shape index (κ3) is 3.11. The van der Waals surface area contributed by atoms with Gasteiger partial charge in [0.1, 0.15) is 0 Å². The molecule has 0 spiro atoms. The summed E-state index contributed by atoms with van der Waals surface area (Å²) in [5.41, 5.74) is 14.0. The van der Waals surface area contributed by atoms with Gasteiger partial charge in [-0.05, 0) is 29.8 Å². The van der Waals surface area contributed by atoms with Crippen molar-refractivity contribution in [3.05, 3.63) is 58.1 Å². The fraction of sp³-hybridized carbons (Fsp3) is 0.133. The molecule has 0 radical (unpaired) electrons. The molecule has 0 heterocycles. The highest BCUT2D eigenvalue weighted by Gasteiger charge is 2.12. The summed E-state index contributed by atoms with van der Waals surface area (Å²) in [6.07, 6.45) is 0. The van der Waals surface area contributed by atoms with Gasteiger partial charge in [-0.1, -0.05) is 34.1 Å². The van der Waals surface area contributed by atoms with Gasteiger partial charge in [-0.25, -0.2) is 0 Å². The zero-order valence-electron chi connectivity index (χ0n) is 11.1. The first-order chi connectivity index (χ1) is 9.49. The quantitative estimate of drug-likeness (QED) is 0.845. The van der Waals surface area contributed by atoms with Crippen LogP contribution in [0, 0.1) is 0 Å². The maximum absolute atomic E-state index is 11.3. The number of anilines is 2. The van der Waals surface area contributed by atoms with E-state index >= 15 is 0 Å². The van der Waals surface area contributed by atoms with Gasteiger partial charge in [0.25, 0.3) is 5.91 Å². The highest BCUT2D eigenvalue weighted by Crippen LogP contribution is 2.27. The van der Waals surface area contributed by atoms with Crippen LogP contribution in [0.5, 0.6) is 0 Å². The highest BCUT2D eigenvalue weighted by molar-refractivity contribution is 9.10. The predicted molar refractivity (Wildman–Crippen MR) is 85.6 cm³/mol. The molecule has 2 aromatic rings. The van der Waals surface area contributed by atoms with Crippen molar-refractivity contribution in [3.8, 4) is 0 Å². The van der Waals surface area contributed by atoms with Crippen molar-refractivity contribution in [2.24, 2.45) is 5.73 Å². The minimum Gasteiger partial charge on any atom is -0.396 e. The Morgan fingerprint density at radius 2 is 1.95 bits per heavy atom. The number of rotatable bonds is 4. The number of nitrogens with zero attached hydrogens (tertiary/aromatic N) is 1. The molecule has 4 nitrogen and oxygen atoms in total. The van der Waals surface area contributed by atoms with Gasteiger partial charge in [-0.15, -0.1) is 0 Å². The summed E-state index contributed by atoms with van der Waals surface area (Å²) in [4.78, 5) is 13.3. The SMILES string of the molecule is CN(Cc1cccc(Br)c1)c1cccc(C(N)=O)c1N. The smallest absolute Gasteiger partial charge is 0.250 e. The maximum atomic E-state index is 11.3. The minimum absolute atomic E-state index is 0.351. The van der Waals surface area contributed by atoms with E-state index in [4.69, 9.17) is 11.5 Å². The Kier molecular flexibility index (Phi) is 4.29. The second-order valence-electron chi connectivity index (χ2n) is 4.59. The summed E-state index contributed by atoms with van der Waals surface area (Å²) in [6, 6.07) is 13.3. The number of hydrogen-bond acceptors (Lipinski definition) is 3. The Labute approximate surface area is 126 Å². The Bertz CT molecular complexity index is 643. The number of carbonyl (C=O) groups excluding carboxylic acids is 1. The molecule has 0 aromatic heterocycles. The summed E-state index contributed by atoms with van der Waals surface area (Å²) in [5, 5.41) is 0. The Hall–Kier alpha value is -2.01. The molecular formula is C15H16BrN3O. The van der Waals surface area contributed by atoms with Crippen LogP contribution in [-0.4, -0.2) is 13.0 Å². The van der Waals surface area contributed by atoms with Crippen LogP contribution in [0.25, 0.3) is 0 Å². The molecule has 0 unspecified atom stereocenters. The Morgan fingerprint density at radius 3 is 2.60 bits per heavy atom. The van der Waals surface area contributed by atoms with Crippen LogP contribution in [0.3, 0.4) is 0 Å². The van der Waals surface area contributed by atoms with Crippen LogP contribution in [0.1, 0.15) is 15.9 Å². The van der Waals surface area contributed by atoms with E-state index in [1.165, 1.54) is 0 Å². The van der Waals surface area contributed by atoms with Crippen molar-refractivity contribution in [1.29, 1.82) is 0 Å². The Balaban J connectivity index is 2.28. The topological polar surface area (TPSA) is 72.3 Å². The lowest BCUT2D eigenvalue weighted by molar-refractivity contribution is 0.100. The molecule has 0 aliphatic rings. The minimum atomic E-state index is -0.514. The van der Waals surface area contributed by atoms with Crippen molar-refractivity contribution in [1.82, 2.24) is 0 Å². The van der Waals surface area contributed by atoms with Crippen LogP contribution in [0.2, 0.25) is 0 Å². The molecule has 2 aromatic carbocycles. The third-order valence-electron chi connectivity index (χ3n) is 3.07. The van der Waals surface area contributed by atoms with Crippen molar-refractivity contribution in [3.63, 3.8) is 0 Å². The second kappa shape index (κ2) is 5.96. The zero-order chi connectivity index (χ0) is 14.7. The first-order valence-electron chi connectivity index (χ1n) is 6.13. The van der Waals surface area contributed by atoms with Gasteiger partial charge in [-0.3, -0.25) is 4.79 Å². The number of hydrogen-bond donors (Lipinski definition) is 2. The van der Waals surface area contributed by atoms with Gasteiger partial charge in [-0.2, -0.15) is 0 Å². The lowest BCUT2D eigenvalue weighted by Crippen LogP contribution is -2.20. The van der Waals surface area contributed by atoms with E-state index in [2.05, 4.69) is 15.9 Å². The molecule has 0 saturated heterocycles.